The van der Waals surface area contributed by atoms with Gasteiger partial charge < -0.3 is 75.4 Å². The summed E-state index contributed by atoms with van der Waals surface area (Å²) in [6, 6.07) is -5.03. The number of rotatable bonds is 16. The standard InChI is InChI=1S/C24H41N3O19S/c1-8(31)25-11(4-28)17(35)21(12(34)7-42-47(39,40)41)45-24-16(27-10(3)33)20(38)22(14(6-30)44-24)46-23-15(26-9(2)32)19(37)18(36)13(5-29)43-23/h4,11-24,29-30,34-38H,5-7H2,1-3H3,(H,25,31)(H,26,32)(H,27,33)(H,39,40,41)/t11-,12+,13+,14+,15+,16+,17+,18+,19+,20+,21+,22+,23-,24-/m0/s1. The van der Waals surface area contributed by atoms with Crippen molar-refractivity contribution < 1.29 is 91.0 Å². The first-order chi connectivity index (χ1) is 21.8. The van der Waals surface area contributed by atoms with Crippen LogP contribution in [-0.4, -0.2) is 178 Å². The highest BCUT2D eigenvalue weighted by atomic mass is 32.3. The molecule has 11 N–H and O–H groups in total. The van der Waals surface area contributed by atoms with Crippen molar-refractivity contribution in [3.63, 3.8) is 0 Å². The molecule has 2 saturated heterocycles. The smallest absolute Gasteiger partial charge is 0.394 e. The van der Waals surface area contributed by atoms with Gasteiger partial charge in [0.2, 0.25) is 17.7 Å². The first-order valence-electron chi connectivity index (χ1n) is 14.0. The number of amides is 3. The van der Waals surface area contributed by atoms with Crippen molar-refractivity contribution in [3.05, 3.63) is 0 Å². The molecule has 0 aromatic heterocycles. The Labute approximate surface area is 267 Å². The first kappa shape index (κ1) is 40.7. The molecule has 22 nitrogen and oxygen atoms in total. The fourth-order valence-electron chi connectivity index (χ4n) is 4.92. The Morgan fingerprint density at radius 3 is 1.85 bits per heavy atom. The van der Waals surface area contributed by atoms with E-state index in [9.17, 15) is 63.3 Å². The largest absolute Gasteiger partial charge is 0.397 e. The molecule has 2 heterocycles. The van der Waals surface area contributed by atoms with Crippen LogP contribution < -0.4 is 16.0 Å². The van der Waals surface area contributed by atoms with Crippen LogP contribution in [0.5, 0.6) is 0 Å². The predicted octanol–water partition coefficient (Wildman–Crippen LogP) is -7.47. The second-order valence-electron chi connectivity index (χ2n) is 10.7. The zero-order valence-corrected chi connectivity index (χ0v) is 26.1. The maximum absolute atomic E-state index is 12.1. The molecule has 0 aromatic rings. The van der Waals surface area contributed by atoms with Gasteiger partial charge >= 0.3 is 10.4 Å². The van der Waals surface area contributed by atoms with E-state index in [1.165, 1.54) is 0 Å². The Morgan fingerprint density at radius 2 is 1.38 bits per heavy atom. The van der Waals surface area contributed by atoms with Crippen molar-refractivity contribution >= 4 is 34.4 Å². The third-order valence-corrected chi connectivity index (χ3v) is 7.48. The fraction of sp³-hybridized carbons (Fsp3) is 0.833. The molecule has 0 bridgehead atoms. The second-order valence-corrected chi connectivity index (χ2v) is 11.8. The average molecular weight is 708 g/mol. The van der Waals surface area contributed by atoms with E-state index in [4.69, 9.17) is 23.5 Å². The van der Waals surface area contributed by atoms with Crippen LogP contribution in [-0.2, 0) is 52.7 Å². The number of nitrogens with one attached hydrogen (secondary N) is 3. The van der Waals surface area contributed by atoms with Gasteiger partial charge in [-0.15, -0.1) is 0 Å². The molecular formula is C24H41N3O19S. The summed E-state index contributed by atoms with van der Waals surface area (Å²) in [7, 11) is -5.15. The number of aldehydes is 1. The molecule has 47 heavy (non-hydrogen) atoms. The molecule has 14 atom stereocenters. The lowest BCUT2D eigenvalue weighted by molar-refractivity contribution is -0.341. The van der Waals surface area contributed by atoms with Crippen molar-refractivity contribution in [2.45, 2.75) is 106 Å². The van der Waals surface area contributed by atoms with Crippen LogP contribution in [0.15, 0.2) is 0 Å². The first-order valence-corrected chi connectivity index (χ1v) is 15.3. The minimum absolute atomic E-state index is 0.0434. The quantitative estimate of drug-likeness (QED) is 0.0524. The van der Waals surface area contributed by atoms with E-state index in [2.05, 4.69) is 20.1 Å². The van der Waals surface area contributed by atoms with Crippen molar-refractivity contribution in [3.8, 4) is 0 Å². The van der Waals surface area contributed by atoms with Crippen LogP contribution in [0.25, 0.3) is 0 Å². The number of hydrogen-bond acceptors (Lipinski definition) is 18. The molecule has 2 aliphatic heterocycles. The van der Waals surface area contributed by atoms with Gasteiger partial charge in [0.15, 0.2) is 12.6 Å². The van der Waals surface area contributed by atoms with E-state index < -0.39 is 134 Å². The lowest BCUT2D eigenvalue weighted by Crippen LogP contribution is -2.70. The molecule has 3 amide bonds. The second kappa shape index (κ2) is 17.8. The van der Waals surface area contributed by atoms with Crippen LogP contribution in [0.1, 0.15) is 20.8 Å². The van der Waals surface area contributed by atoms with Crippen LogP contribution in [0.2, 0.25) is 0 Å². The summed E-state index contributed by atoms with van der Waals surface area (Å²) in [5, 5.41) is 80.2. The lowest BCUT2D eigenvalue weighted by atomic mass is 9.94. The van der Waals surface area contributed by atoms with E-state index in [-0.39, 0.29) is 6.29 Å². The molecule has 2 fully saturated rings. The number of carbonyl (C=O) groups is 4. The summed E-state index contributed by atoms with van der Waals surface area (Å²) in [6.45, 7) is -0.0457. The Balaban J connectivity index is 2.48. The molecule has 2 rings (SSSR count). The van der Waals surface area contributed by atoms with Gasteiger partial charge in [0.25, 0.3) is 0 Å². The number of aliphatic hydroxyl groups excluding tert-OH is 7. The molecule has 2 aliphatic rings. The van der Waals surface area contributed by atoms with E-state index in [1.807, 2.05) is 0 Å². The van der Waals surface area contributed by atoms with Crippen molar-refractivity contribution in [2.75, 3.05) is 19.8 Å². The molecule has 272 valence electrons. The summed E-state index contributed by atoms with van der Waals surface area (Å²) in [5.41, 5.74) is 0. The summed E-state index contributed by atoms with van der Waals surface area (Å²) in [6.07, 6.45) is -20.4. The third-order valence-electron chi connectivity index (χ3n) is 7.04. The number of ether oxygens (including phenoxy) is 4. The maximum atomic E-state index is 12.1. The van der Waals surface area contributed by atoms with E-state index in [0.29, 0.717) is 0 Å². The Kier molecular flexibility index (Phi) is 15.4. The number of hydrogen-bond donors (Lipinski definition) is 11. The highest BCUT2D eigenvalue weighted by Crippen LogP contribution is 2.31. The summed E-state index contributed by atoms with van der Waals surface area (Å²) in [5.74, 6) is -2.36. The van der Waals surface area contributed by atoms with Crippen LogP contribution >= 0.6 is 0 Å². The Bertz CT molecular complexity index is 1180. The van der Waals surface area contributed by atoms with Crippen LogP contribution in [0.4, 0.5) is 0 Å². The van der Waals surface area contributed by atoms with E-state index in [0.717, 1.165) is 20.8 Å². The molecule has 23 heteroatoms. The van der Waals surface area contributed by atoms with Crippen molar-refractivity contribution in [2.24, 2.45) is 0 Å². The minimum atomic E-state index is -5.15. The highest BCUT2D eigenvalue weighted by molar-refractivity contribution is 7.80. The maximum Gasteiger partial charge on any atom is 0.397 e. The van der Waals surface area contributed by atoms with Gasteiger partial charge in [0, 0.05) is 20.8 Å². The van der Waals surface area contributed by atoms with Gasteiger partial charge in [-0.05, 0) is 0 Å². The molecule has 0 saturated carbocycles. The predicted molar refractivity (Wildman–Crippen MR) is 148 cm³/mol. The van der Waals surface area contributed by atoms with Gasteiger partial charge in [-0.25, -0.2) is 4.18 Å². The zero-order valence-electron chi connectivity index (χ0n) is 25.3. The number of aliphatic hydroxyl groups is 7. The van der Waals surface area contributed by atoms with Crippen molar-refractivity contribution in [1.29, 1.82) is 0 Å². The molecule has 0 unspecified atom stereocenters. The molecular weight excluding hydrogens is 666 g/mol. The average Bonchev–Trinajstić information content (AvgIpc) is 2.98. The Morgan fingerprint density at radius 1 is 0.851 bits per heavy atom. The highest BCUT2D eigenvalue weighted by Gasteiger charge is 2.53. The lowest BCUT2D eigenvalue weighted by Gasteiger charge is -2.48. The topological polar surface area (TPSA) is 346 Å². The van der Waals surface area contributed by atoms with Crippen molar-refractivity contribution in [1.82, 2.24) is 16.0 Å². The minimum Gasteiger partial charge on any atom is -0.394 e. The third kappa shape index (κ3) is 11.3. The monoisotopic (exact) mass is 707 g/mol. The van der Waals surface area contributed by atoms with Gasteiger partial charge in [-0.3, -0.25) is 18.9 Å². The summed E-state index contributed by atoms with van der Waals surface area (Å²) in [4.78, 5) is 47.2. The summed E-state index contributed by atoms with van der Waals surface area (Å²) >= 11 is 0. The van der Waals surface area contributed by atoms with Crippen LogP contribution in [0.3, 0.4) is 0 Å². The molecule has 0 spiro atoms. The van der Waals surface area contributed by atoms with Gasteiger partial charge in [-0.1, -0.05) is 0 Å². The molecule has 0 aromatic carbocycles. The molecule has 0 radical (unpaired) electrons. The SMILES string of the molecule is CC(=O)N[C@H]1[C@H](O[C@@H]([C@H](O)[C@H](C=O)NC(C)=O)[C@H](O)COS(=O)(=O)O)O[C@H](CO)[C@@H](O[C@@H]2O[C@H](CO)[C@@H](O)[C@H](O)[C@H]2NC(C)=O)[C@@H]1O. The fourth-order valence-corrected chi connectivity index (χ4v) is 5.24. The van der Waals surface area contributed by atoms with Gasteiger partial charge in [0.1, 0.15) is 79.3 Å². The Hall–Kier alpha value is -2.49. The summed E-state index contributed by atoms with van der Waals surface area (Å²) < 4.78 is 57.8. The zero-order chi connectivity index (χ0) is 35.8. The normalized spacial score (nSPS) is 33.9. The molecule has 0 aliphatic carbocycles. The number of carbonyl (C=O) groups excluding carboxylic acids is 4. The van der Waals surface area contributed by atoms with E-state index in [1.54, 1.807) is 0 Å². The van der Waals surface area contributed by atoms with Crippen LogP contribution in [0, 0.1) is 0 Å². The van der Waals surface area contributed by atoms with E-state index >= 15 is 0 Å². The van der Waals surface area contributed by atoms with Gasteiger partial charge in [0.05, 0.1) is 19.8 Å². The van der Waals surface area contributed by atoms with Gasteiger partial charge in [-0.2, -0.15) is 8.42 Å².